The lowest BCUT2D eigenvalue weighted by Crippen LogP contribution is -2.64. The van der Waals surface area contributed by atoms with Crippen LogP contribution in [0.5, 0.6) is 0 Å². The zero-order valence-electron chi connectivity index (χ0n) is 11.4. The van der Waals surface area contributed by atoms with Gasteiger partial charge in [0.15, 0.2) is 5.82 Å². The Labute approximate surface area is 117 Å². The summed E-state index contributed by atoms with van der Waals surface area (Å²) in [5.74, 6) is 1.58. The van der Waals surface area contributed by atoms with Crippen molar-refractivity contribution in [2.45, 2.75) is 37.9 Å². The maximum atomic E-state index is 12.4. The summed E-state index contributed by atoms with van der Waals surface area (Å²) < 4.78 is 0. The van der Waals surface area contributed by atoms with E-state index in [1.165, 1.54) is 0 Å². The normalized spacial score (nSPS) is 30.6. The highest BCUT2D eigenvalue weighted by molar-refractivity contribution is 6.05. The van der Waals surface area contributed by atoms with E-state index in [2.05, 4.69) is 32.1 Å². The summed E-state index contributed by atoms with van der Waals surface area (Å²) >= 11 is 0. The van der Waals surface area contributed by atoms with Crippen LogP contribution < -0.4 is 15.5 Å². The first-order valence-corrected chi connectivity index (χ1v) is 7.02. The van der Waals surface area contributed by atoms with Crippen LogP contribution in [0.25, 0.3) is 6.08 Å². The molecule has 1 aromatic rings. The first-order valence-electron chi connectivity index (χ1n) is 7.02. The average molecular weight is 271 g/mol. The Hall–Kier alpha value is -1.95. The van der Waals surface area contributed by atoms with E-state index >= 15 is 0 Å². The Morgan fingerprint density at radius 2 is 2.25 bits per heavy atom. The van der Waals surface area contributed by atoms with Gasteiger partial charge in [-0.2, -0.15) is 0 Å². The van der Waals surface area contributed by atoms with Crippen LogP contribution in [0.2, 0.25) is 0 Å². The molecular formula is C14H17N5O. The number of nitrogens with one attached hydrogen (secondary N) is 2. The molecule has 0 spiro atoms. The van der Waals surface area contributed by atoms with Crippen molar-refractivity contribution in [1.29, 1.82) is 0 Å². The van der Waals surface area contributed by atoms with Gasteiger partial charge in [0, 0.05) is 18.6 Å². The number of hydrogen-bond acceptors (Lipinski definition) is 5. The third-order valence-corrected chi connectivity index (χ3v) is 4.42. The third kappa shape index (κ3) is 1.51. The lowest BCUT2D eigenvalue weighted by atomic mass is 10.0. The predicted molar refractivity (Wildman–Crippen MR) is 76.6 cm³/mol. The van der Waals surface area contributed by atoms with Gasteiger partial charge in [0.05, 0.1) is 5.69 Å². The molecule has 0 radical (unpaired) electrons. The lowest BCUT2D eigenvalue weighted by molar-refractivity contribution is -0.118. The van der Waals surface area contributed by atoms with Crippen molar-refractivity contribution in [3.8, 4) is 0 Å². The number of amides is 1. The zero-order valence-corrected chi connectivity index (χ0v) is 11.4. The zero-order chi connectivity index (χ0) is 13.9. The molecule has 3 aliphatic heterocycles. The minimum atomic E-state index is -0.159. The van der Waals surface area contributed by atoms with Crippen LogP contribution in [-0.2, 0) is 4.79 Å². The van der Waals surface area contributed by atoms with Crippen molar-refractivity contribution in [3.63, 3.8) is 0 Å². The Morgan fingerprint density at radius 1 is 1.40 bits per heavy atom. The SMILES string of the molecule is C=Cc1nc(C)nc2c1NC(=O)C1[C@H]3CC[C@@H](CN21)N3. The second-order valence-electron chi connectivity index (χ2n) is 5.69. The van der Waals surface area contributed by atoms with Crippen LogP contribution in [0, 0.1) is 6.92 Å². The van der Waals surface area contributed by atoms with Gasteiger partial charge >= 0.3 is 0 Å². The Morgan fingerprint density at radius 3 is 3.05 bits per heavy atom. The highest BCUT2D eigenvalue weighted by Gasteiger charge is 2.47. The minimum Gasteiger partial charge on any atom is -0.340 e. The summed E-state index contributed by atoms with van der Waals surface area (Å²) in [5, 5.41) is 6.50. The number of aromatic nitrogens is 2. The highest BCUT2D eigenvalue weighted by atomic mass is 16.2. The molecule has 0 aliphatic carbocycles. The molecule has 4 rings (SSSR count). The van der Waals surface area contributed by atoms with Crippen LogP contribution in [0.15, 0.2) is 6.58 Å². The molecule has 0 saturated carbocycles. The molecule has 3 aliphatic rings. The number of hydrogen-bond donors (Lipinski definition) is 2. The summed E-state index contributed by atoms with van der Waals surface area (Å²) in [7, 11) is 0. The van der Waals surface area contributed by atoms with Crippen molar-refractivity contribution in [2.75, 3.05) is 16.8 Å². The summed E-state index contributed by atoms with van der Waals surface area (Å²) in [5.41, 5.74) is 1.40. The number of fused-ring (bicyclic) bond motifs is 6. The molecule has 1 unspecified atom stereocenters. The predicted octanol–water partition coefficient (Wildman–Crippen LogP) is 0.689. The number of carbonyl (C=O) groups is 1. The number of anilines is 2. The number of piperazine rings is 1. The standard InChI is InChI=1S/C14H17N5O/c1-3-9-11-13(16-7(2)15-9)19-6-8-4-5-10(17-8)12(19)14(20)18-11/h3,8,10,12,17H,1,4-6H2,2H3,(H,18,20)/t8-,10+,12?/m0/s1. The first-order chi connectivity index (χ1) is 9.67. The molecule has 1 amide bonds. The van der Waals surface area contributed by atoms with Gasteiger partial charge in [0.25, 0.3) is 0 Å². The average Bonchev–Trinajstić information content (AvgIpc) is 2.80. The minimum absolute atomic E-state index is 0.0332. The Balaban J connectivity index is 1.88. The molecule has 2 bridgehead atoms. The quantitative estimate of drug-likeness (QED) is 0.786. The van der Waals surface area contributed by atoms with Gasteiger partial charge in [0.1, 0.15) is 17.6 Å². The molecule has 2 fully saturated rings. The lowest BCUT2D eigenvalue weighted by Gasteiger charge is -2.44. The number of aryl methyl sites for hydroxylation is 1. The van der Waals surface area contributed by atoms with Crippen LogP contribution in [0.4, 0.5) is 11.5 Å². The number of nitrogens with zero attached hydrogens (tertiary/aromatic N) is 3. The molecule has 6 heteroatoms. The van der Waals surface area contributed by atoms with Crippen molar-refractivity contribution in [3.05, 3.63) is 18.1 Å². The fourth-order valence-corrected chi connectivity index (χ4v) is 3.61. The molecule has 6 nitrogen and oxygen atoms in total. The van der Waals surface area contributed by atoms with Crippen LogP contribution in [0.1, 0.15) is 24.4 Å². The number of rotatable bonds is 1. The van der Waals surface area contributed by atoms with E-state index in [4.69, 9.17) is 0 Å². The summed E-state index contributed by atoms with van der Waals surface area (Å²) in [6, 6.07) is 0.523. The molecule has 3 atom stereocenters. The molecule has 2 N–H and O–H groups in total. The number of carbonyl (C=O) groups excluding carboxylic acids is 1. The van der Waals surface area contributed by atoms with E-state index in [0.29, 0.717) is 23.2 Å². The van der Waals surface area contributed by atoms with Crippen LogP contribution >= 0.6 is 0 Å². The van der Waals surface area contributed by atoms with Gasteiger partial charge in [-0.15, -0.1) is 0 Å². The maximum Gasteiger partial charge on any atom is 0.248 e. The third-order valence-electron chi connectivity index (χ3n) is 4.42. The second kappa shape index (κ2) is 4.02. The maximum absolute atomic E-state index is 12.4. The van der Waals surface area contributed by atoms with Crippen molar-refractivity contribution in [2.24, 2.45) is 0 Å². The van der Waals surface area contributed by atoms with E-state index in [-0.39, 0.29) is 18.0 Å². The van der Waals surface area contributed by atoms with E-state index in [1.807, 2.05) is 6.92 Å². The van der Waals surface area contributed by atoms with Gasteiger partial charge < -0.3 is 15.5 Å². The summed E-state index contributed by atoms with van der Waals surface area (Å²) in [6.45, 7) is 6.48. The molecular weight excluding hydrogens is 254 g/mol. The van der Waals surface area contributed by atoms with E-state index in [9.17, 15) is 4.79 Å². The molecule has 4 heterocycles. The molecule has 1 aromatic heterocycles. The molecule has 20 heavy (non-hydrogen) atoms. The second-order valence-corrected chi connectivity index (χ2v) is 5.69. The van der Waals surface area contributed by atoms with E-state index in [0.717, 1.165) is 25.2 Å². The topological polar surface area (TPSA) is 70.2 Å². The molecule has 2 saturated heterocycles. The van der Waals surface area contributed by atoms with Crippen LogP contribution in [0.3, 0.4) is 0 Å². The van der Waals surface area contributed by atoms with Crippen molar-refractivity contribution >= 4 is 23.5 Å². The summed E-state index contributed by atoms with van der Waals surface area (Å²) in [4.78, 5) is 23.5. The first kappa shape index (κ1) is 11.8. The largest absolute Gasteiger partial charge is 0.340 e. The van der Waals surface area contributed by atoms with Crippen molar-refractivity contribution < 1.29 is 4.79 Å². The Bertz CT molecular complexity index is 614. The smallest absolute Gasteiger partial charge is 0.248 e. The molecule has 0 aromatic carbocycles. The van der Waals surface area contributed by atoms with Gasteiger partial charge in [-0.1, -0.05) is 6.58 Å². The van der Waals surface area contributed by atoms with E-state index < -0.39 is 0 Å². The highest BCUT2D eigenvalue weighted by Crippen LogP contribution is 2.38. The van der Waals surface area contributed by atoms with Crippen molar-refractivity contribution in [1.82, 2.24) is 15.3 Å². The van der Waals surface area contributed by atoms with Crippen LogP contribution in [-0.4, -0.2) is 40.5 Å². The molecule has 104 valence electrons. The van der Waals surface area contributed by atoms with Gasteiger partial charge in [-0.3, -0.25) is 4.79 Å². The van der Waals surface area contributed by atoms with E-state index in [1.54, 1.807) is 6.08 Å². The fourth-order valence-electron chi connectivity index (χ4n) is 3.61. The van der Waals surface area contributed by atoms with Gasteiger partial charge in [-0.05, 0) is 25.8 Å². The fraction of sp³-hybridized carbons (Fsp3) is 0.500. The monoisotopic (exact) mass is 271 g/mol. The summed E-state index contributed by atoms with van der Waals surface area (Å²) in [6.07, 6.45) is 3.84. The van der Waals surface area contributed by atoms with Gasteiger partial charge in [0.2, 0.25) is 5.91 Å². The van der Waals surface area contributed by atoms with Gasteiger partial charge in [-0.25, -0.2) is 9.97 Å². The Kier molecular flexibility index (Phi) is 2.38.